The molecule has 0 radical (unpaired) electrons. The van der Waals surface area contributed by atoms with Gasteiger partial charge in [-0.3, -0.25) is 0 Å². The summed E-state index contributed by atoms with van der Waals surface area (Å²) in [6, 6.07) is 6.35. The Morgan fingerprint density at radius 2 is 1.86 bits per heavy atom. The number of benzene rings is 1. The molecule has 0 aliphatic rings. The van der Waals surface area contributed by atoms with Crippen molar-refractivity contribution in [2.75, 3.05) is 12.8 Å². The fourth-order valence-corrected chi connectivity index (χ4v) is 2.26. The van der Waals surface area contributed by atoms with Crippen LogP contribution in [0.25, 0.3) is 11.1 Å². The van der Waals surface area contributed by atoms with E-state index in [1.165, 1.54) is 19.2 Å². The highest BCUT2D eigenvalue weighted by Crippen LogP contribution is 2.42. The van der Waals surface area contributed by atoms with E-state index in [4.69, 9.17) is 10.5 Å². The van der Waals surface area contributed by atoms with Crippen LogP contribution in [0.5, 0.6) is 17.2 Å². The van der Waals surface area contributed by atoms with E-state index in [1.807, 2.05) is 12.1 Å². The van der Waals surface area contributed by atoms with Crippen molar-refractivity contribution in [3.05, 3.63) is 23.3 Å². The maximum atomic E-state index is 9.78. The minimum Gasteiger partial charge on any atom is -0.504 e. The smallest absolute Gasteiger partial charge is 0.200 e. The molecule has 110 valence electrons. The number of hydrogen-bond donors (Lipinski definition) is 4. The summed E-state index contributed by atoms with van der Waals surface area (Å²) >= 11 is 4.08. The van der Waals surface area contributed by atoms with Gasteiger partial charge in [-0.15, -0.1) is 12.6 Å². The van der Waals surface area contributed by atoms with Crippen molar-refractivity contribution >= 4 is 18.4 Å². The Morgan fingerprint density at radius 1 is 1.23 bits per heavy atom. The molecule has 0 amide bonds. The van der Waals surface area contributed by atoms with Crippen molar-refractivity contribution in [1.82, 2.24) is 4.98 Å². The highest BCUT2D eigenvalue weighted by molar-refractivity contribution is 7.80. The fraction of sp³-hybridized carbons (Fsp3) is 0.0714. The van der Waals surface area contributed by atoms with Crippen LogP contribution >= 0.6 is 12.6 Å². The molecule has 0 aliphatic carbocycles. The van der Waals surface area contributed by atoms with Gasteiger partial charge in [0.05, 0.1) is 12.7 Å². The quantitative estimate of drug-likeness (QED) is 0.490. The summed E-state index contributed by atoms with van der Waals surface area (Å²) in [6.45, 7) is 0. The third-order valence-electron chi connectivity index (χ3n) is 2.99. The number of nitrogens with zero attached hydrogens (tertiary/aromatic N) is 3. The van der Waals surface area contributed by atoms with E-state index in [9.17, 15) is 20.7 Å². The molecule has 8 heteroatoms. The third-order valence-corrected chi connectivity index (χ3v) is 3.32. The van der Waals surface area contributed by atoms with Gasteiger partial charge in [0.2, 0.25) is 5.75 Å². The van der Waals surface area contributed by atoms with E-state index in [0.29, 0.717) is 0 Å². The average Bonchev–Trinajstić information content (AvgIpc) is 2.49. The first-order valence-corrected chi connectivity index (χ1v) is 6.32. The van der Waals surface area contributed by atoms with Gasteiger partial charge >= 0.3 is 0 Å². The van der Waals surface area contributed by atoms with Crippen LogP contribution < -0.4 is 10.5 Å². The number of aromatic hydroxyl groups is 2. The molecule has 0 saturated heterocycles. The number of nitrogen functional groups attached to an aromatic ring is 1. The van der Waals surface area contributed by atoms with Crippen LogP contribution in [0.1, 0.15) is 11.1 Å². The van der Waals surface area contributed by atoms with Crippen LogP contribution in [0, 0.1) is 22.7 Å². The lowest BCUT2D eigenvalue weighted by Crippen LogP contribution is -2.02. The average molecular weight is 314 g/mol. The number of hydrogen-bond acceptors (Lipinski definition) is 8. The Hall–Kier alpha value is -3.10. The molecule has 0 bridgehead atoms. The molecule has 0 fully saturated rings. The van der Waals surface area contributed by atoms with E-state index < -0.39 is 11.5 Å². The van der Waals surface area contributed by atoms with E-state index in [-0.39, 0.29) is 38.8 Å². The predicted octanol–water partition coefficient (Wildman–Crippen LogP) is 1.78. The molecule has 0 saturated carbocycles. The van der Waals surface area contributed by atoms with Gasteiger partial charge in [0.25, 0.3) is 0 Å². The van der Waals surface area contributed by atoms with Gasteiger partial charge in [-0.05, 0) is 17.7 Å². The normalized spacial score (nSPS) is 9.82. The number of pyridine rings is 1. The summed E-state index contributed by atoms with van der Waals surface area (Å²) in [7, 11) is 1.31. The molecule has 1 heterocycles. The molecule has 22 heavy (non-hydrogen) atoms. The first-order valence-electron chi connectivity index (χ1n) is 5.87. The summed E-state index contributed by atoms with van der Waals surface area (Å²) in [6.07, 6.45) is 0. The highest BCUT2D eigenvalue weighted by atomic mass is 32.1. The number of methoxy groups -OCH3 is 1. The maximum Gasteiger partial charge on any atom is 0.200 e. The minimum atomic E-state index is -0.460. The van der Waals surface area contributed by atoms with Crippen molar-refractivity contribution in [1.29, 1.82) is 10.5 Å². The molecule has 0 unspecified atom stereocenters. The second-order valence-electron chi connectivity index (χ2n) is 4.22. The summed E-state index contributed by atoms with van der Waals surface area (Å²) in [5, 5.41) is 38.1. The number of phenolic OH excluding ortho intramolecular Hbond substituents is 2. The number of ether oxygens (including phenoxy) is 1. The Morgan fingerprint density at radius 3 is 2.41 bits per heavy atom. The van der Waals surface area contributed by atoms with Crippen molar-refractivity contribution in [2.24, 2.45) is 0 Å². The van der Waals surface area contributed by atoms with Crippen LogP contribution in [0.4, 0.5) is 5.82 Å². The van der Waals surface area contributed by atoms with Crippen LogP contribution in [0.2, 0.25) is 0 Å². The zero-order valence-electron chi connectivity index (χ0n) is 11.3. The van der Waals surface area contributed by atoms with Gasteiger partial charge in [0.1, 0.15) is 28.5 Å². The van der Waals surface area contributed by atoms with E-state index in [2.05, 4.69) is 17.6 Å². The lowest BCUT2D eigenvalue weighted by Gasteiger charge is -2.13. The Bertz CT molecular complexity index is 815. The van der Waals surface area contributed by atoms with Crippen molar-refractivity contribution in [3.8, 4) is 40.5 Å². The van der Waals surface area contributed by atoms with Crippen LogP contribution in [-0.2, 0) is 0 Å². The Kier molecular flexibility index (Phi) is 3.97. The van der Waals surface area contributed by atoms with E-state index in [0.717, 1.165) is 0 Å². The number of phenols is 2. The van der Waals surface area contributed by atoms with Gasteiger partial charge in [-0.25, -0.2) is 4.98 Å². The number of nitrogens with two attached hydrogens (primary N) is 1. The molecule has 2 aromatic rings. The molecule has 1 aromatic heterocycles. The molecule has 0 atom stereocenters. The minimum absolute atomic E-state index is 0.0149. The number of anilines is 1. The summed E-state index contributed by atoms with van der Waals surface area (Å²) in [5.41, 5.74) is 6.13. The lowest BCUT2D eigenvalue weighted by atomic mass is 9.96. The van der Waals surface area contributed by atoms with Gasteiger partial charge < -0.3 is 20.7 Å². The summed E-state index contributed by atoms with van der Waals surface area (Å²) in [5.74, 6) is -1.01. The third kappa shape index (κ3) is 2.32. The summed E-state index contributed by atoms with van der Waals surface area (Å²) < 4.78 is 4.95. The monoisotopic (exact) mass is 314 g/mol. The second-order valence-corrected chi connectivity index (χ2v) is 4.64. The molecule has 4 N–H and O–H groups in total. The fourth-order valence-electron chi connectivity index (χ4n) is 1.99. The van der Waals surface area contributed by atoms with Crippen LogP contribution in [0.3, 0.4) is 0 Å². The largest absolute Gasteiger partial charge is 0.504 e. The molecule has 7 nitrogen and oxygen atoms in total. The predicted molar refractivity (Wildman–Crippen MR) is 80.6 cm³/mol. The number of nitriles is 2. The zero-order chi connectivity index (χ0) is 16.4. The van der Waals surface area contributed by atoms with Gasteiger partial charge in [-0.2, -0.15) is 10.5 Å². The van der Waals surface area contributed by atoms with Crippen LogP contribution in [-0.4, -0.2) is 22.3 Å². The summed E-state index contributed by atoms with van der Waals surface area (Å²) in [4.78, 5) is 3.84. The van der Waals surface area contributed by atoms with Crippen molar-refractivity contribution < 1.29 is 14.9 Å². The van der Waals surface area contributed by atoms with Crippen molar-refractivity contribution in [3.63, 3.8) is 0 Å². The molecule has 0 aliphatic heterocycles. The van der Waals surface area contributed by atoms with Crippen LogP contribution in [0.15, 0.2) is 17.2 Å². The van der Waals surface area contributed by atoms with Gasteiger partial charge in [0.15, 0.2) is 11.5 Å². The number of aromatic nitrogens is 1. The SMILES string of the molecule is COc1cc(-c2c(C#N)c(N)nc(S)c2C#N)cc(O)c1O. The van der Waals surface area contributed by atoms with E-state index in [1.54, 1.807) is 0 Å². The second kappa shape index (κ2) is 5.72. The first-order chi connectivity index (χ1) is 10.4. The Balaban J connectivity index is 2.92. The number of rotatable bonds is 2. The van der Waals surface area contributed by atoms with Crippen molar-refractivity contribution in [2.45, 2.75) is 5.03 Å². The van der Waals surface area contributed by atoms with Gasteiger partial charge in [-0.1, -0.05) is 0 Å². The first kappa shape index (κ1) is 15.3. The Labute approximate surface area is 131 Å². The molecule has 2 rings (SSSR count). The standard InChI is InChI=1S/C14H10N4O3S/c1-21-10-3-6(2-9(19)12(10)20)11-7(4-15)13(17)18-14(22)8(11)5-16/h2-3,19-20H,1H3,(H3,17,18,22). The molecule has 1 aromatic carbocycles. The topological polar surface area (TPSA) is 136 Å². The lowest BCUT2D eigenvalue weighted by molar-refractivity contribution is 0.351. The molecular formula is C14H10N4O3S. The number of thiol groups is 1. The zero-order valence-corrected chi connectivity index (χ0v) is 12.2. The maximum absolute atomic E-state index is 9.78. The molecular weight excluding hydrogens is 304 g/mol. The van der Waals surface area contributed by atoms with Gasteiger partial charge in [0, 0.05) is 5.56 Å². The van der Waals surface area contributed by atoms with E-state index >= 15 is 0 Å². The highest BCUT2D eigenvalue weighted by Gasteiger charge is 2.21. The molecule has 0 spiro atoms.